The van der Waals surface area contributed by atoms with Crippen molar-refractivity contribution in [2.24, 2.45) is 11.7 Å². The summed E-state index contributed by atoms with van der Waals surface area (Å²) in [5.41, 5.74) is 6.65. The van der Waals surface area contributed by atoms with E-state index >= 15 is 0 Å². The first-order valence-corrected chi connectivity index (χ1v) is 5.72. The van der Waals surface area contributed by atoms with Gasteiger partial charge in [-0.3, -0.25) is 0 Å². The van der Waals surface area contributed by atoms with Crippen molar-refractivity contribution in [3.63, 3.8) is 0 Å². The molecule has 0 amide bonds. The summed E-state index contributed by atoms with van der Waals surface area (Å²) in [6.07, 6.45) is 1.74. The Labute approximate surface area is 101 Å². The molecule has 0 bridgehead atoms. The van der Waals surface area contributed by atoms with Crippen molar-refractivity contribution in [1.29, 1.82) is 0 Å². The molecule has 1 atom stereocenters. The summed E-state index contributed by atoms with van der Waals surface area (Å²) in [4.78, 5) is 0. The molecular formula is C12H18ClNO2. The molecule has 0 heterocycles. The number of methoxy groups -OCH3 is 1. The Morgan fingerprint density at radius 3 is 2.75 bits per heavy atom. The molecule has 1 rings (SSSR count). The van der Waals surface area contributed by atoms with Gasteiger partial charge >= 0.3 is 0 Å². The highest BCUT2D eigenvalue weighted by Crippen LogP contribution is 2.25. The summed E-state index contributed by atoms with van der Waals surface area (Å²) in [5, 5.41) is 9.63. The molecule has 0 aliphatic heterocycles. The Morgan fingerprint density at radius 2 is 2.25 bits per heavy atom. The number of aliphatic hydroxyl groups excluding tert-OH is 1. The lowest BCUT2D eigenvalue weighted by atomic mass is 10.0. The van der Waals surface area contributed by atoms with E-state index < -0.39 is 0 Å². The van der Waals surface area contributed by atoms with Crippen molar-refractivity contribution in [2.75, 3.05) is 20.3 Å². The number of aliphatic hydroxyl groups is 1. The van der Waals surface area contributed by atoms with Crippen molar-refractivity contribution in [2.45, 2.75) is 12.8 Å². The number of rotatable bonds is 6. The SMILES string of the molecule is COc1ccc(CCC(CN)CO)cc1Cl. The number of hydrogen-bond donors (Lipinski definition) is 2. The number of nitrogens with two attached hydrogens (primary N) is 1. The average Bonchev–Trinajstić information content (AvgIpc) is 2.30. The number of hydrogen-bond acceptors (Lipinski definition) is 3. The Bertz CT molecular complexity index is 327. The maximum atomic E-state index is 9.01. The zero-order chi connectivity index (χ0) is 12.0. The highest BCUT2D eigenvalue weighted by molar-refractivity contribution is 6.32. The second kappa shape index (κ2) is 6.74. The van der Waals surface area contributed by atoms with Crippen LogP contribution in [-0.4, -0.2) is 25.4 Å². The Balaban J connectivity index is 2.58. The summed E-state index contributed by atoms with van der Waals surface area (Å²) in [6, 6.07) is 5.73. The molecule has 1 unspecified atom stereocenters. The van der Waals surface area contributed by atoms with Crippen LogP contribution >= 0.6 is 11.6 Å². The topological polar surface area (TPSA) is 55.5 Å². The van der Waals surface area contributed by atoms with Gasteiger partial charge in [0, 0.05) is 6.61 Å². The molecule has 16 heavy (non-hydrogen) atoms. The Morgan fingerprint density at radius 1 is 1.50 bits per heavy atom. The van der Waals surface area contributed by atoms with Gasteiger partial charge in [-0.2, -0.15) is 0 Å². The van der Waals surface area contributed by atoms with Gasteiger partial charge in [0.2, 0.25) is 0 Å². The average molecular weight is 244 g/mol. The molecule has 0 aliphatic rings. The van der Waals surface area contributed by atoms with E-state index in [9.17, 15) is 0 Å². The van der Waals surface area contributed by atoms with Crippen molar-refractivity contribution >= 4 is 11.6 Å². The first-order valence-electron chi connectivity index (χ1n) is 5.34. The molecule has 1 aromatic carbocycles. The first-order chi connectivity index (χ1) is 7.71. The van der Waals surface area contributed by atoms with Crippen LogP contribution < -0.4 is 10.5 Å². The number of halogens is 1. The summed E-state index contributed by atoms with van der Waals surface area (Å²) in [5.74, 6) is 0.851. The fraction of sp³-hybridized carbons (Fsp3) is 0.500. The molecule has 4 heteroatoms. The number of aryl methyl sites for hydroxylation is 1. The molecule has 0 radical (unpaired) electrons. The van der Waals surface area contributed by atoms with Gasteiger partial charge in [-0.05, 0) is 43.0 Å². The maximum Gasteiger partial charge on any atom is 0.137 e. The monoisotopic (exact) mass is 243 g/mol. The second-order valence-electron chi connectivity index (χ2n) is 3.79. The lowest BCUT2D eigenvalue weighted by molar-refractivity contribution is 0.223. The third kappa shape index (κ3) is 3.67. The smallest absolute Gasteiger partial charge is 0.137 e. The largest absolute Gasteiger partial charge is 0.495 e. The fourth-order valence-corrected chi connectivity index (χ4v) is 1.80. The van der Waals surface area contributed by atoms with Gasteiger partial charge in [-0.15, -0.1) is 0 Å². The van der Waals surface area contributed by atoms with Crippen LogP contribution in [-0.2, 0) is 6.42 Å². The third-order valence-corrected chi connectivity index (χ3v) is 2.94. The predicted molar refractivity (Wildman–Crippen MR) is 66.0 cm³/mol. The van der Waals surface area contributed by atoms with Crippen molar-refractivity contribution in [3.05, 3.63) is 28.8 Å². The molecular weight excluding hydrogens is 226 g/mol. The van der Waals surface area contributed by atoms with Crippen LogP contribution in [0.4, 0.5) is 0 Å². The van der Waals surface area contributed by atoms with E-state index in [0.717, 1.165) is 18.4 Å². The van der Waals surface area contributed by atoms with Gasteiger partial charge in [-0.1, -0.05) is 17.7 Å². The van der Waals surface area contributed by atoms with Gasteiger partial charge in [0.05, 0.1) is 12.1 Å². The minimum atomic E-state index is 0.139. The lowest BCUT2D eigenvalue weighted by Gasteiger charge is -2.11. The van der Waals surface area contributed by atoms with Gasteiger partial charge in [0.25, 0.3) is 0 Å². The van der Waals surface area contributed by atoms with Gasteiger partial charge < -0.3 is 15.6 Å². The zero-order valence-electron chi connectivity index (χ0n) is 9.45. The first kappa shape index (κ1) is 13.3. The van der Waals surface area contributed by atoms with Crippen molar-refractivity contribution in [1.82, 2.24) is 0 Å². The second-order valence-corrected chi connectivity index (χ2v) is 4.20. The van der Waals surface area contributed by atoms with E-state index in [1.54, 1.807) is 7.11 Å². The van der Waals surface area contributed by atoms with E-state index in [-0.39, 0.29) is 12.5 Å². The predicted octanol–water partition coefficient (Wildman–Crippen LogP) is 1.85. The molecule has 0 saturated heterocycles. The van der Waals surface area contributed by atoms with Crippen LogP contribution in [0.3, 0.4) is 0 Å². The quantitative estimate of drug-likeness (QED) is 0.802. The molecule has 3 nitrogen and oxygen atoms in total. The van der Waals surface area contributed by atoms with Crippen LogP contribution in [0.15, 0.2) is 18.2 Å². The third-order valence-electron chi connectivity index (χ3n) is 2.65. The van der Waals surface area contributed by atoms with Crippen molar-refractivity contribution < 1.29 is 9.84 Å². The maximum absolute atomic E-state index is 9.01. The normalized spacial score (nSPS) is 12.5. The Hall–Kier alpha value is -0.770. The minimum Gasteiger partial charge on any atom is -0.495 e. The van der Waals surface area contributed by atoms with Gasteiger partial charge in [0.1, 0.15) is 5.75 Å². The summed E-state index contributed by atoms with van der Waals surface area (Å²) < 4.78 is 5.08. The van der Waals surface area contributed by atoms with E-state index in [1.165, 1.54) is 0 Å². The van der Waals surface area contributed by atoms with Crippen LogP contribution in [0, 0.1) is 5.92 Å². The fourth-order valence-electron chi connectivity index (χ4n) is 1.52. The van der Waals surface area contributed by atoms with Crippen molar-refractivity contribution in [3.8, 4) is 5.75 Å². The van der Waals surface area contributed by atoms with Crippen LogP contribution in [0.1, 0.15) is 12.0 Å². The number of ether oxygens (including phenoxy) is 1. The highest BCUT2D eigenvalue weighted by Gasteiger charge is 2.07. The van der Waals surface area contributed by atoms with Crippen LogP contribution in [0.5, 0.6) is 5.75 Å². The number of benzene rings is 1. The van der Waals surface area contributed by atoms with Gasteiger partial charge in [0.15, 0.2) is 0 Å². The summed E-state index contributed by atoms with van der Waals surface area (Å²) >= 11 is 6.01. The molecule has 0 aromatic heterocycles. The molecule has 0 spiro atoms. The van der Waals surface area contributed by atoms with E-state index in [4.69, 9.17) is 27.2 Å². The Kier molecular flexibility index (Phi) is 5.60. The standard InChI is InChI=1S/C12H18ClNO2/c1-16-12-5-4-9(6-11(12)13)2-3-10(7-14)8-15/h4-6,10,15H,2-3,7-8,14H2,1H3. The van der Waals surface area contributed by atoms with E-state index in [2.05, 4.69) is 0 Å². The molecule has 0 fully saturated rings. The van der Waals surface area contributed by atoms with E-state index in [0.29, 0.717) is 17.3 Å². The molecule has 0 saturated carbocycles. The van der Waals surface area contributed by atoms with Crippen LogP contribution in [0.2, 0.25) is 5.02 Å². The molecule has 0 aliphatic carbocycles. The molecule has 90 valence electrons. The van der Waals surface area contributed by atoms with Crippen LogP contribution in [0.25, 0.3) is 0 Å². The minimum absolute atomic E-state index is 0.139. The zero-order valence-corrected chi connectivity index (χ0v) is 10.2. The lowest BCUT2D eigenvalue weighted by Crippen LogP contribution is -2.18. The molecule has 3 N–H and O–H groups in total. The molecule has 1 aromatic rings. The summed E-state index contributed by atoms with van der Waals surface area (Å²) in [7, 11) is 1.59. The highest BCUT2D eigenvalue weighted by atomic mass is 35.5. The van der Waals surface area contributed by atoms with E-state index in [1.807, 2.05) is 18.2 Å². The summed E-state index contributed by atoms with van der Waals surface area (Å²) in [6.45, 7) is 0.654. The van der Waals surface area contributed by atoms with Gasteiger partial charge in [-0.25, -0.2) is 0 Å².